The summed E-state index contributed by atoms with van der Waals surface area (Å²) in [7, 11) is 0. The number of allylic oxidation sites excluding steroid dienone is 3. The van der Waals surface area contributed by atoms with E-state index in [4.69, 9.17) is 9.84 Å². The molecule has 1 heterocycles. The Kier molecular flexibility index (Phi) is 33.4. The first kappa shape index (κ1) is 44.3. The van der Waals surface area contributed by atoms with Crippen molar-refractivity contribution in [1.29, 1.82) is 0 Å². The van der Waals surface area contributed by atoms with Crippen LogP contribution in [0.3, 0.4) is 0 Å². The van der Waals surface area contributed by atoms with Crippen LogP contribution in [0, 0.1) is 0 Å². The van der Waals surface area contributed by atoms with Crippen LogP contribution >= 0.6 is 0 Å². The van der Waals surface area contributed by atoms with E-state index in [1.807, 2.05) is 6.08 Å². The lowest BCUT2D eigenvalue weighted by Crippen LogP contribution is -2.37. The predicted octanol–water partition coefficient (Wildman–Crippen LogP) is 11.3. The van der Waals surface area contributed by atoms with E-state index in [0.717, 1.165) is 19.3 Å². The van der Waals surface area contributed by atoms with Gasteiger partial charge in [0.05, 0.1) is 13.2 Å². The van der Waals surface area contributed by atoms with E-state index in [-0.39, 0.29) is 19.8 Å². The number of aliphatic hydroxyl groups excluding tert-OH is 2. The van der Waals surface area contributed by atoms with E-state index in [9.17, 15) is 15.0 Å². The van der Waals surface area contributed by atoms with E-state index < -0.39 is 11.5 Å². The molecule has 0 aliphatic carbocycles. The first-order valence-electron chi connectivity index (χ1n) is 19.5. The third-order valence-electron chi connectivity index (χ3n) is 8.81. The average molecular weight is 650 g/mol. The molecule has 0 spiro atoms. The molecule has 0 fully saturated rings. The van der Waals surface area contributed by atoms with Crippen LogP contribution in [0.15, 0.2) is 29.3 Å². The van der Waals surface area contributed by atoms with Gasteiger partial charge >= 0.3 is 5.97 Å². The Hall–Kier alpha value is -1.66. The number of aliphatic carboxylic acids is 1. The molecule has 0 aromatic rings. The highest BCUT2D eigenvalue weighted by atomic mass is 16.5. The number of rotatable bonds is 32. The molecule has 0 aromatic heterocycles. The van der Waals surface area contributed by atoms with Gasteiger partial charge in [-0.1, -0.05) is 160 Å². The number of carbonyl (C=O) groups is 1. The SMILES string of the molecule is CCCCCCCC/C=C\CCCCCCCC(=O)O.CCCCCCCCCCCCCCCC=CC1=NC(CO)(CO)CO1. The molecule has 0 aromatic carbocycles. The lowest BCUT2D eigenvalue weighted by molar-refractivity contribution is -0.137. The molecule has 0 saturated heterocycles. The molecule has 0 unspecified atom stereocenters. The fourth-order valence-electron chi connectivity index (χ4n) is 5.62. The summed E-state index contributed by atoms with van der Waals surface area (Å²) >= 11 is 0. The second kappa shape index (κ2) is 34.7. The highest BCUT2D eigenvalue weighted by Gasteiger charge is 2.34. The van der Waals surface area contributed by atoms with Gasteiger partial charge in [0.25, 0.3) is 0 Å². The smallest absolute Gasteiger partial charge is 0.303 e. The fourth-order valence-corrected chi connectivity index (χ4v) is 5.62. The second-order valence-corrected chi connectivity index (χ2v) is 13.4. The first-order chi connectivity index (χ1) is 22.5. The number of nitrogens with zero attached hydrogens (tertiary/aromatic N) is 1. The van der Waals surface area contributed by atoms with Gasteiger partial charge < -0.3 is 20.1 Å². The number of carboxylic acids is 1. The van der Waals surface area contributed by atoms with Crippen LogP contribution in [-0.4, -0.2) is 52.5 Å². The number of aliphatic imine (C=N–C) groups is 1. The molecule has 270 valence electrons. The van der Waals surface area contributed by atoms with E-state index in [0.29, 0.717) is 12.3 Å². The van der Waals surface area contributed by atoms with E-state index in [1.165, 1.54) is 154 Å². The van der Waals surface area contributed by atoms with Gasteiger partial charge in [-0.05, 0) is 51.0 Å². The molecule has 0 atom stereocenters. The zero-order valence-corrected chi connectivity index (χ0v) is 30.3. The van der Waals surface area contributed by atoms with Gasteiger partial charge in [0, 0.05) is 6.42 Å². The molecule has 0 bridgehead atoms. The standard InChI is InChI=1S/C22H41NO3.C18H34O2/c1-2-3-4-5-6-7-8-9-10-11-12-13-14-15-16-17-21-23-22(18-24,19-25)20-26-21;1-2-3-4-5-6-7-8-9-10-11-12-13-14-15-16-17-18(19)20/h16-17,24-25H,2-15,18-20H2,1H3;9-10H,2-8,11-17H2,1H3,(H,19,20)/b;10-9-. The Labute approximate surface area is 284 Å². The molecular weight excluding hydrogens is 574 g/mol. The molecular formula is C40H75NO5. The largest absolute Gasteiger partial charge is 0.481 e. The third-order valence-corrected chi connectivity index (χ3v) is 8.81. The minimum absolute atomic E-state index is 0.181. The topological polar surface area (TPSA) is 99.4 Å². The average Bonchev–Trinajstić information content (AvgIpc) is 3.48. The van der Waals surface area contributed by atoms with Crippen molar-refractivity contribution in [2.24, 2.45) is 4.99 Å². The molecule has 1 aliphatic rings. The summed E-state index contributed by atoms with van der Waals surface area (Å²) in [5, 5.41) is 27.0. The van der Waals surface area contributed by atoms with Crippen LogP contribution in [0.1, 0.15) is 194 Å². The highest BCUT2D eigenvalue weighted by molar-refractivity contribution is 5.89. The van der Waals surface area contributed by atoms with Crippen molar-refractivity contribution in [2.75, 3.05) is 19.8 Å². The van der Waals surface area contributed by atoms with Crippen molar-refractivity contribution in [2.45, 2.75) is 199 Å². The maximum Gasteiger partial charge on any atom is 0.303 e. The molecule has 46 heavy (non-hydrogen) atoms. The van der Waals surface area contributed by atoms with E-state index in [2.05, 4.69) is 37.1 Å². The number of ether oxygens (including phenoxy) is 1. The number of unbranched alkanes of at least 4 members (excludes halogenated alkanes) is 24. The van der Waals surface area contributed by atoms with Gasteiger partial charge in [-0.3, -0.25) is 4.79 Å². The highest BCUT2D eigenvalue weighted by Crippen LogP contribution is 2.19. The number of carboxylic acid groups (broad SMARTS) is 1. The van der Waals surface area contributed by atoms with Crippen LogP contribution in [-0.2, 0) is 9.53 Å². The Balaban J connectivity index is 0.000000914. The number of aliphatic hydroxyl groups is 2. The summed E-state index contributed by atoms with van der Waals surface area (Å²) in [4.78, 5) is 14.6. The van der Waals surface area contributed by atoms with Gasteiger partial charge in [0.2, 0.25) is 5.90 Å². The molecule has 1 rings (SSSR count). The van der Waals surface area contributed by atoms with E-state index >= 15 is 0 Å². The first-order valence-corrected chi connectivity index (χ1v) is 19.5. The number of hydrogen-bond acceptors (Lipinski definition) is 5. The van der Waals surface area contributed by atoms with Crippen LogP contribution in [0.2, 0.25) is 0 Å². The Morgan fingerprint density at radius 1 is 0.609 bits per heavy atom. The molecule has 0 radical (unpaired) electrons. The van der Waals surface area contributed by atoms with E-state index in [1.54, 1.807) is 0 Å². The van der Waals surface area contributed by atoms with Crippen molar-refractivity contribution < 1.29 is 24.9 Å². The van der Waals surface area contributed by atoms with Crippen molar-refractivity contribution in [3.8, 4) is 0 Å². The van der Waals surface area contributed by atoms with Crippen molar-refractivity contribution >= 4 is 11.9 Å². The van der Waals surface area contributed by atoms with Crippen LogP contribution in [0.25, 0.3) is 0 Å². The normalized spacial score (nSPS) is 14.0. The number of hydrogen-bond donors (Lipinski definition) is 3. The second-order valence-electron chi connectivity index (χ2n) is 13.4. The quantitative estimate of drug-likeness (QED) is 0.0497. The Bertz CT molecular complexity index is 744. The van der Waals surface area contributed by atoms with Gasteiger partial charge in [-0.15, -0.1) is 0 Å². The van der Waals surface area contributed by atoms with Crippen LogP contribution in [0.5, 0.6) is 0 Å². The maximum absolute atomic E-state index is 10.3. The lowest BCUT2D eigenvalue weighted by Gasteiger charge is -2.16. The minimum atomic E-state index is -0.838. The minimum Gasteiger partial charge on any atom is -0.481 e. The van der Waals surface area contributed by atoms with Gasteiger partial charge in [-0.25, -0.2) is 4.99 Å². The molecule has 0 saturated carbocycles. The summed E-state index contributed by atoms with van der Waals surface area (Å²) in [6.07, 6.45) is 44.1. The molecule has 0 amide bonds. The summed E-state index contributed by atoms with van der Waals surface area (Å²) in [5.41, 5.74) is -0.838. The maximum atomic E-state index is 10.3. The van der Waals surface area contributed by atoms with Crippen LogP contribution in [0.4, 0.5) is 0 Å². The molecule has 6 nitrogen and oxygen atoms in total. The molecule has 3 N–H and O–H groups in total. The van der Waals surface area contributed by atoms with Gasteiger partial charge in [-0.2, -0.15) is 0 Å². The zero-order valence-electron chi connectivity index (χ0n) is 30.3. The molecule has 6 heteroatoms. The van der Waals surface area contributed by atoms with Crippen molar-refractivity contribution in [3.63, 3.8) is 0 Å². The lowest BCUT2D eigenvalue weighted by atomic mass is 10.0. The zero-order chi connectivity index (χ0) is 33.8. The Morgan fingerprint density at radius 2 is 0.978 bits per heavy atom. The summed E-state index contributed by atoms with van der Waals surface area (Å²) in [5.74, 6) is -0.134. The van der Waals surface area contributed by atoms with Crippen molar-refractivity contribution in [3.05, 3.63) is 24.3 Å². The monoisotopic (exact) mass is 650 g/mol. The fraction of sp³-hybridized carbons (Fsp3) is 0.850. The predicted molar refractivity (Wildman–Crippen MR) is 197 cm³/mol. The van der Waals surface area contributed by atoms with Gasteiger partial charge in [0.1, 0.15) is 12.1 Å². The Morgan fingerprint density at radius 3 is 1.35 bits per heavy atom. The summed E-state index contributed by atoms with van der Waals surface area (Å²) in [6, 6.07) is 0. The molecule has 1 aliphatic heterocycles. The summed E-state index contributed by atoms with van der Waals surface area (Å²) < 4.78 is 5.41. The van der Waals surface area contributed by atoms with Crippen molar-refractivity contribution in [1.82, 2.24) is 0 Å². The van der Waals surface area contributed by atoms with Gasteiger partial charge in [0.15, 0.2) is 0 Å². The summed E-state index contributed by atoms with van der Waals surface area (Å²) in [6.45, 7) is 4.43. The van der Waals surface area contributed by atoms with Crippen LogP contribution < -0.4 is 0 Å². The third kappa shape index (κ3) is 29.7.